The molecule has 0 bridgehead atoms. The minimum Gasteiger partial charge on any atom is -0.481 e. The summed E-state index contributed by atoms with van der Waals surface area (Å²) in [5.74, 6) is 0.831. The molecule has 0 saturated carbocycles. The van der Waals surface area contributed by atoms with E-state index in [0.29, 0.717) is 34.1 Å². The molecule has 2 heterocycles. The average Bonchev–Trinajstić information content (AvgIpc) is 2.64. The lowest BCUT2D eigenvalue weighted by molar-refractivity contribution is -0.120. The van der Waals surface area contributed by atoms with Crippen molar-refractivity contribution in [1.29, 1.82) is 0 Å². The standard InChI is InChI=1S/C18H20Cl2N4O2/c1-11-8-16(26-2)23-18(21-11)24-7-3-4-12(10-24)17(25)22-15-9-13(19)5-6-14(15)20/h5-6,8-9,12H,3-4,7,10H2,1-2H3,(H,22,25)/t12-/m1/s1. The van der Waals surface area contributed by atoms with Crippen LogP contribution < -0.4 is 15.0 Å². The van der Waals surface area contributed by atoms with Gasteiger partial charge in [-0.3, -0.25) is 4.79 Å². The number of carbonyl (C=O) groups excluding carboxylic acids is 1. The summed E-state index contributed by atoms with van der Waals surface area (Å²) in [6, 6.07) is 6.78. The third kappa shape index (κ3) is 4.37. The number of benzene rings is 1. The Morgan fingerprint density at radius 2 is 2.12 bits per heavy atom. The maximum atomic E-state index is 12.7. The van der Waals surface area contributed by atoms with Crippen molar-refractivity contribution in [2.45, 2.75) is 19.8 Å². The SMILES string of the molecule is COc1cc(C)nc(N2CCC[C@@H](C(=O)Nc3cc(Cl)ccc3Cl)C2)n1. The van der Waals surface area contributed by atoms with E-state index in [9.17, 15) is 4.79 Å². The third-order valence-corrected chi connectivity index (χ3v) is 4.85. The summed E-state index contributed by atoms with van der Waals surface area (Å²) in [5, 5.41) is 3.86. The second-order valence-electron chi connectivity index (χ2n) is 6.25. The lowest BCUT2D eigenvalue weighted by Crippen LogP contribution is -2.41. The molecule has 8 heteroatoms. The van der Waals surface area contributed by atoms with Crippen LogP contribution in [0.4, 0.5) is 11.6 Å². The molecule has 1 amide bonds. The second-order valence-corrected chi connectivity index (χ2v) is 7.09. The molecule has 138 valence electrons. The first-order valence-electron chi connectivity index (χ1n) is 8.37. The van der Waals surface area contributed by atoms with Gasteiger partial charge in [-0.2, -0.15) is 4.98 Å². The zero-order valence-electron chi connectivity index (χ0n) is 14.6. The van der Waals surface area contributed by atoms with E-state index in [4.69, 9.17) is 27.9 Å². The van der Waals surface area contributed by atoms with E-state index in [-0.39, 0.29) is 11.8 Å². The number of hydrogen-bond acceptors (Lipinski definition) is 5. The number of nitrogens with zero attached hydrogens (tertiary/aromatic N) is 3. The number of piperidine rings is 1. The van der Waals surface area contributed by atoms with Gasteiger partial charge in [-0.05, 0) is 38.0 Å². The number of nitrogens with one attached hydrogen (secondary N) is 1. The van der Waals surface area contributed by atoms with E-state index in [0.717, 1.165) is 25.1 Å². The van der Waals surface area contributed by atoms with Crippen LogP contribution in [-0.4, -0.2) is 36.1 Å². The molecule has 0 spiro atoms. The molecule has 26 heavy (non-hydrogen) atoms. The van der Waals surface area contributed by atoms with Gasteiger partial charge in [0.25, 0.3) is 0 Å². The highest BCUT2D eigenvalue weighted by atomic mass is 35.5. The first-order valence-corrected chi connectivity index (χ1v) is 9.12. The molecule has 3 rings (SSSR count). The predicted molar refractivity (Wildman–Crippen MR) is 103 cm³/mol. The van der Waals surface area contributed by atoms with Crippen molar-refractivity contribution in [3.05, 3.63) is 40.0 Å². The largest absolute Gasteiger partial charge is 0.481 e. The second kappa shape index (κ2) is 8.10. The number of anilines is 2. The first-order chi connectivity index (χ1) is 12.5. The first kappa shape index (κ1) is 18.7. The van der Waals surface area contributed by atoms with Crippen LogP contribution in [0.3, 0.4) is 0 Å². The summed E-state index contributed by atoms with van der Waals surface area (Å²) in [5.41, 5.74) is 1.35. The lowest BCUT2D eigenvalue weighted by Gasteiger charge is -2.32. The molecule has 0 radical (unpaired) electrons. The van der Waals surface area contributed by atoms with E-state index < -0.39 is 0 Å². The number of hydrogen-bond donors (Lipinski definition) is 1. The summed E-state index contributed by atoms with van der Waals surface area (Å²) >= 11 is 12.1. The Hall–Kier alpha value is -2.05. The Balaban J connectivity index is 1.73. The maximum absolute atomic E-state index is 12.7. The fourth-order valence-corrected chi connectivity index (χ4v) is 3.31. The van der Waals surface area contributed by atoms with Gasteiger partial charge in [0.05, 0.1) is 23.7 Å². The number of methoxy groups -OCH3 is 1. The van der Waals surface area contributed by atoms with Gasteiger partial charge < -0.3 is 15.0 Å². The predicted octanol–water partition coefficient (Wildman–Crippen LogP) is 3.96. The molecular weight excluding hydrogens is 375 g/mol. The molecule has 0 unspecified atom stereocenters. The van der Waals surface area contributed by atoms with Crippen LogP contribution in [0, 0.1) is 12.8 Å². The van der Waals surface area contributed by atoms with E-state index in [1.54, 1.807) is 31.4 Å². The number of ether oxygens (including phenoxy) is 1. The van der Waals surface area contributed by atoms with Crippen molar-refractivity contribution in [1.82, 2.24) is 9.97 Å². The molecule has 1 fully saturated rings. The Labute approximate surface area is 162 Å². The smallest absolute Gasteiger partial charge is 0.229 e. The van der Waals surface area contributed by atoms with Gasteiger partial charge in [-0.25, -0.2) is 4.98 Å². The van der Waals surface area contributed by atoms with Crippen LogP contribution >= 0.6 is 23.2 Å². The minimum absolute atomic E-state index is 0.0847. The Kier molecular flexibility index (Phi) is 5.84. The third-order valence-electron chi connectivity index (χ3n) is 4.29. The summed E-state index contributed by atoms with van der Waals surface area (Å²) < 4.78 is 5.22. The summed E-state index contributed by atoms with van der Waals surface area (Å²) in [6.07, 6.45) is 1.67. The van der Waals surface area contributed by atoms with Gasteiger partial charge in [0.1, 0.15) is 0 Å². The number of carbonyl (C=O) groups is 1. The highest BCUT2D eigenvalue weighted by molar-refractivity contribution is 6.35. The number of rotatable bonds is 4. The van der Waals surface area contributed by atoms with Crippen molar-refractivity contribution in [2.24, 2.45) is 5.92 Å². The van der Waals surface area contributed by atoms with Crippen molar-refractivity contribution in [2.75, 3.05) is 30.4 Å². The van der Waals surface area contributed by atoms with Gasteiger partial charge in [0.15, 0.2) is 0 Å². The van der Waals surface area contributed by atoms with Crippen LogP contribution in [-0.2, 0) is 4.79 Å². The molecule has 1 atom stereocenters. The summed E-state index contributed by atoms with van der Waals surface area (Å²) in [6.45, 7) is 3.23. The molecule has 6 nitrogen and oxygen atoms in total. The number of aryl methyl sites for hydroxylation is 1. The molecule has 1 aromatic heterocycles. The van der Waals surface area contributed by atoms with Crippen molar-refractivity contribution in [3.8, 4) is 5.88 Å². The molecule has 1 N–H and O–H groups in total. The quantitative estimate of drug-likeness (QED) is 0.849. The van der Waals surface area contributed by atoms with Crippen LogP contribution in [0.1, 0.15) is 18.5 Å². The van der Waals surface area contributed by atoms with E-state index >= 15 is 0 Å². The zero-order chi connectivity index (χ0) is 18.7. The lowest BCUT2D eigenvalue weighted by atomic mass is 9.97. The summed E-state index contributed by atoms with van der Waals surface area (Å²) in [7, 11) is 1.58. The molecule has 0 aliphatic carbocycles. The zero-order valence-corrected chi connectivity index (χ0v) is 16.1. The van der Waals surface area contributed by atoms with Crippen LogP contribution in [0.2, 0.25) is 10.0 Å². The van der Waals surface area contributed by atoms with Crippen molar-refractivity contribution < 1.29 is 9.53 Å². The number of halogens is 2. The van der Waals surface area contributed by atoms with Crippen molar-refractivity contribution >= 4 is 40.7 Å². The van der Waals surface area contributed by atoms with Gasteiger partial charge in [0, 0.05) is 29.9 Å². The highest BCUT2D eigenvalue weighted by Gasteiger charge is 2.28. The normalized spacial score (nSPS) is 17.1. The number of amides is 1. The Morgan fingerprint density at radius 1 is 1.31 bits per heavy atom. The van der Waals surface area contributed by atoms with E-state index in [1.807, 2.05) is 11.8 Å². The monoisotopic (exact) mass is 394 g/mol. The van der Waals surface area contributed by atoms with Crippen molar-refractivity contribution in [3.63, 3.8) is 0 Å². The van der Waals surface area contributed by atoms with Crippen LogP contribution in [0.15, 0.2) is 24.3 Å². The van der Waals surface area contributed by atoms with Gasteiger partial charge >= 0.3 is 0 Å². The topological polar surface area (TPSA) is 67.3 Å². The van der Waals surface area contributed by atoms with Gasteiger partial charge in [-0.15, -0.1) is 0 Å². The molecule has 1 aliphatic rings. The molecule has 1 saturated heterocycles. The average molecular weight is 395 g/mol. The van der Waals surface area contributed by atoms with E-state index in [2.05, 4.69) is 15.3 Å². The van der Waals surface area contributed by atoms with Crippen LogP contribution in [0.5, 0.6) is 5.88 Å². The van der Waals surface area contributed by atoms with E-state index in [1.165, 1.54) is 0 Å². The molecule has 1 aliphatic heterocycles. The van der Waals surface area contributed by atoms with Gasteiger partial charge in [-0.1, -0.05) is 23.2 Å². The minimum atomic E-state index is -0.186. The maximum Gasteiger partial charge on any atom is 0.229 e. The fraction of sp³-hybridized carbons (Fsp3) is 0.389. The molecular formula is C18H20Cl2N4O2. The molecule has 2 aromatic rings. The summed E-state index contributed by atoms with van der Waals surface area (Å²) in [4.78, 5) is 23.6. The number of aromatic nitrogens is 2. The Morgan fingerprint density at radius 3 is 2.88 bits per heavy atom. The fourth-order valence-electron chi connectivity index (χ4n) is 2.97. The van der Waals surface area contributed by atoms with Gasteiger partial charge in [0.2, 0.25) is 17.7 Å². The molecule has 1 aromatic carbocycles. The van der Waals surface area contributed by atoms with Crippen LogP contribution in [0.25, 0.3) is 0 Å². The highest BCUT2D eigenvalue weighted by Crippen LogP contribution is 2.28. The Bertz CT molecular complexity index is 816.